The maximum absolute atomic E-state index is 11.3. The number of aliphatic imine (C=N–C) groups is 1. The lowest BCUT2D eigenvalue weighted by molar-refractivity contribution is -0.119. The molecule has 0 radical (unpaired) electrons. The van der Waals surface area contributed by atoms with Crippen molar-refractivity contribution >= 4 is 17.6 Å². The summed E-state index contributed by atoms with van der Waals surface area (Å²) in [5.41, 5.74) is 7.94. The summed E-state index contributed by atoms with van der Waals surface area (Å²) in [6.07, 6.45) is 9.30. The lowest BCUT2D eigenvalue weighted by Crippen LogP contribution is -2.46. The monoisotopic (exact) mass is 399 g/mol. The Morgan fingerprint density at radius 2 is 1.90 bits per heavy atom. The summed E-state index contributed by atoms with van der Waals surface area (Å²) < 4.78 is 0. The maximum Gasteiger partial charge on any atom is 0.217 e. The van der Waals surface area contributed by atoms with Gasteiger partial charge < -0.3 is 20.9 Å². The molecule has 1 aromatic carbocycles. The van der Waals surface area contributed by atoms with Crippen LogP contribution in [0.4, 0.5) is 5.69 Å². The Morgan fingerprint density at radius 1 is 1.17 bits per heavy atom. The van der Waals surface area contributed by atoms with Crippen molar-refractivity contribution in [3.05, 3.63) is 29.8 Å². The summed E-state index contributed by atoms with van der Waals surface area (Å²) >= 11 is 0. The van der Waals surface area contributed by atoms with E-state index < -0.39 is 0 Å². The number of rotatable bonds is 6. The largest absolute Gasteiger partial charge is 0.372 e. The van der Waals surface area contributed by atoms with Crippen molar-refractivity contribution in [2.24, 2.45) is 16.6 Å². The third-order valence-corrected chi connectivity index (χ3v) is 6.44. The summed E-state index contributed by atoms with van der Waals surface area (Å²) in [6, 6.07) is 9.57. The second-order valence-corrected chi connectivity index (χ2v) is 8.59. The van der Waals surface area contributed by atoms with Crippen LogP contribution in [0.2, 0.25) is 0 Å². The van der Waals surface area contributed by atoms with Crippen molar-refractivity contribution in [1.82, 2.24) is 10.2 Å². The topological polar surface area (TPSA) is 74.0 Å². The summed E-state index contributed by atoms with van der Waals surface area (Å²) in [4.78, 5) is 20.4. The van der Waals surface area contributed by atoms with Gasteiger partial charge in [-0.1, -0.05) is 31.4 Å². The molecule has 160 valence electrons. The van der Waals surface area contributed by atoms with Crippen LogP contribution in [0.1, 0.15) is 56.9 Å². The third-order valence-electron chi connectivity index (χ3n) is 6.44. The van der Waals surface area contributed by atoms with Crippen LogP contribution in [0.5, 0.6) is 0 Å². The van der Waals surface area contributed by atoms with Gasteiger partial charge in [0.1, 0.15) is 0 Å². The minimum absolute atomic E-state index is 0.210. The Kier molecular flexibility index (Phi) is 7.78. The number of likely N-dealkylation sites (tertiary alicyclic amines) is 1. The van der Waals surface area contributed by atoms with Gasteiger partial charge in [-0.2, -0.15) is 0 Å². The number of amides is 1. The predicted molar refractivity (Wildman–Crippen MR) is 120 cm³/mol. The number of benzene rings is 1. The smallest absolute Gasteiger partial charge is 0.217 e. The van der Waals surface area contributed by atoms with Crippen LogP contribution in [0, 0.1) is 5.92 Å². The number of guanidine groups is 1. The van der Waals surface area contributed by atoms with Gasteiger partial charge in [-0.25, -0.2) is 0 Å². The van der Waals surface area contributed by atoms with Crippen LogP contribution in [0.15, 0.2) is 29.3 Å². The first-order chi connectivity index (χ1) is 14.1. The molecule has 1 unspecified atom stereocenters. The first kappa shape index (κ1) is 21.5. The minimum atomic E-state index is -0.210. The van der Waals surface area contributed by atoms with Gasteiger partial charge in [-0.05, 0) is 49.3 Å². The molecule has 1 aromatic rings. The number of carbonyl (C=O) groups is 1. The summed E-state index contributed by atoms with van der Waals surface area (Å²) in [7, 11) is 4.05. The Bertz CT molecular complexity index is 681. The van der Waals surface area contributed by atoms with E-state index in [0.717, 1.165) is 38.4 Å². The van der Waals surface area contributed by atoms with E-state index in [9.17, 15) is 4.79 Å². The number of carbonyl (C=O) groups excluding carboxylic acids is 1. The van der Waals surface area contributed by atoms with Crippen molar-refractivity contribution < 1.29 is 4.79 Å². The highest BCUT2D eigenvalue weighted by molar-refractivity contribution is 5.80. The van der Waals surface area contributed by atoms with E-state index in [-0.39, 0.29) is 5.91 Å². The summed E-state index contributed by atoms with van der Waals surface area (Å²) in [5.74, 6) is 1.02. The molecule has 1 amide bonds. The Morgan fingerprint density at radius 3 is 2.55 bits per heavy atom. The molecule has 1 saturated carbocycles. The predicted octanol–water partition coefficient (Wildman–Crippen LogP) is 3.12. The van der Waals surface area contributed by atoms with E-state index in [1.54, 1.807) is 0 Å². The molecule has 29 heavy (non-hydrogen) atoms. The maximum atomic E-state index is 11.3. The second-order valence-electron chi connectivity index (χ2n) is 8.59. The molecule has 1 saturated heterocycles. The lowest BCUT2D eigenvalue weighted by atomic mass is 9.94. The van der Waals surface area contributed by atoms with Crippen LogP contribution in [-0.4, -0.2) is 50.0 Å². The fraction of sp³-hybridized carbons (Fsp3) is 0.652. The van der Waals surface area contributed by atoms with Gasteiger partial charge >= 0.3 is 0 Å². The molecule has 6 nitrogen and oxygen atoms in total. The fourth-order valence-electron chi connectivity index (χ4n) is 4.75. The van der Waals surface area contributed by atoms with Gasteiger partial charge in [-0.15, -0.1) is 0 Å². The van der Waals surface area contributed by atoms with Gasteiger partial charge in [0, 0.05) is 51.9 Å². The molecule has 0 bridgehead atoms. The standard InChI is InChI=1S/C23H37N5O/c1-25-23(28-14-6-7-19(17-28)15-22(24)29)26-16-18-10-12-21(13-11-18)27(2)20-8-4-3-5-9-20/h10-13,19-20H,3-9,14-17H2,1-2H3,(H2,24,29)(H,25,26). The first-order valence-electron chi connectivity index (χ1n) is 11.1. The number of primary amides is 1. The van der Waals surface area contributed by atoms with Crippen molar-refractivity contribution in [3.63, 3.8) is 0 Å². The molecule has 0 spiro atoms. The Hall–Kier alpha value is -2.24. The Labute approximate surface area is 175 Å². The van der Waals surface area contributed by atoms with Crippen molar-refractivity contribution in [3.8, 4) is 0 Å². The highest BCUT2D eigenvalue weighted by atomic mass is 16.1. The number of piperidine rings is 1. The van der Waals surface area contributed by atoms with E-state index in [0.29, 0.717) is 18.4 Å². The molecule has 1 aliphatic heterocycles. The average molecular weight is 400 g/mol. The number of hydrogen-bond acceptors (Lipinski definition) is 3. The number of nitrogens with two attached hydrogens (primary N) is 1. The van der Waals surface area contributed by atoms with Crippen molar-refractivity contribution in [1.29, 1.82) is 0 Å². The molecule has 2 aliphatic rings. The van der Waals surface area contributed by atoms with Gasteiger partial charge in [0.15, 0.2) is 5.96 Å². The summed E-state index contributed by atoms with van der Waals surface area (Å²) in [6.45, 7) is 2.56. The number of nitrogens with zero attached hydrogens (tertiary/aromatic N) is 3. The molecule has 0 aromatic heterocycles. The number of hydrogen-bond donors (Lipinski definition) is 2. The van der Waals surface area contributed by atoms with E-state index >= 15 is 0 Å². The Balaban J connectivity index is 1.52. The fourth-order valence-corrected chi connectivity index (χ4v) is 4.75. The molecular weight excluding hydrogens is 362 g/mol. The zero-order chi connectivity index (χ0) is 20.6. The van der Waals surface area contributed by atoms with Crippen LogP contribution in [0.25, 0.3) is 0 Å². The molecule has 1 atom stereocenters. The zero-order valence-corrected chi connectivity index (χ0v) is 18.1. The van der Waals surface area contributed by atoms with Gasteiger partial charge in [0.2, 0.25) is 5.91 Å². The van der Waals surface area contributed by atoms with E-state index in [1.807, 2.05) is 7.05 Å². The minimum Gasteiger partial charge on any atom is -0.372 e. The quantitative estimate of drug-likeness (QED) is 0.569. The normalized spacial score (nSPS) is 21.1. The van der Waals surface area contributed by atoms with Crippen LogP contribution >= 0.6 is 0 Å². The molecule has 3 N–H and O–H groups in total. The first-order valence-corrected chi connectivity index (χ1v) is 11.1. The molecule has 1 aliphatic carbocycles. The third kappa shape index (κ3) is 6.12. The van der Waals surface area contributed by atoms with Crippen molar-refractivity contribution in [2.75, 3.05) is 32.1 Å². The van der Waals surface area contributed by atoms with Crippen molar-refractivity contribution in [2.45, 2.75) is 64.0 Å². The van der Waals surface area contributed by atoms with Crippen LogP contribution < -0.4 is 16.0 Å². The van der Waals surface area contributed by atoms with Crippen LogP contribution in [0.3, 0.4) is 0 Å². The highest BCUT2D eigenvalue weighted by Crippen LogP contribution is 2.26. The highest BCUT2D eigenvalue weighted by Gasteiger charge is 2.23. The number of nitrogens with one attached hydrogen (secondary N) is 1. The molecule has 3 rings (SSSR count). The SMILES string of the molecule is CN=C(NCc1ccc(N(C)C2CCCCC2)cc1)N1CCCC(CC(N)=O)C1. The zero-order valence-electron chi connectivity index (χ0n) is 18.1. The van der Waals surface area contributed by atoms with Gasteiger partial charge in [-0.3, -0.25) is 9.79 Å². The van der Waals surface area contributed by atoms with Gasteiger partial charge in [0.05, 0.1) is 0 Å². The summed E-state index contributed by atoms with van der Waals surface area (Å²) in [5, 5.41) is 3.49. The molecule has 6 heteroatoms. The molecule has 2 fully saturated rings. The number of anilines is 1. The molecular formula is C23H37N5O. The molecule has 1 heterocycles. The van der Waals surface area contributed by atoms with E-state index in [1.165, 1.54) is 43.4 Å². The van der Waals surface area contributed by atoms with Crippen LogP contribution in [-0.2, 0) is 11.3 Å². The second kappa shape index (κ2) is 10.5. The van der Waals surface area contributed by atoms with Gasteiger partial charge in [0.25, 0.3) is 0 Å². The van der Waals surface area contributed by atoms with E-state index in [2.05, 4.69) is 51.4 Å². The average Bonchev–Trinajstić information content (AvgIpc) is 2.74. The lowest BCUT2D eigenvalue weighted by Gasteiger charge is -2.34. The van der Waals surface area contributed by atoms with E-state index in [4.69, 9.17) is 5.73 Å².